The molecule has 3 rings (SSSR count). The summed E-state index contributed by atoms with van der Waals surface area (Å²) in [4.78, 5) is 11.7. The second kappa shape index (κ2) is 6.92. The number of hydrogen-bond acceptors (Lipinski definition) is 4. The summed E-state index contributed by atoms with van der Waals surface area (Å²) in [7, 11) is -4.25. The van der Waals surface area contributed by atoms with Crippen LogP contribution in [0.5, 0.6) is 0 Å². The van der Waals surface area contributed by atoms with Crippen molar-refractivity contribution in [3.05, 3.63) is 72.3 Å². The molecule has 25 heavy (non-hydrogen) atoms. The Morgan fingerprint density at radius 1 is 0.960 bits per heavy atom. The number of rotatable bonds is 4. The average Bonchev–Trinajstić information content (AvgIpc) is 2.59. The lowest BCUT2D eigenvalue weighted by Gasteiger charge is -2.08. The number of carbonyl (C=O) groups is 1. The largest absolute Gasteiger partial charge is 0.444 e. The Kier molecular flexibility index (Phi) is 4.69. The van der Waals surface area contributed by atoms with E-state index in [9.17, 15) is 13.2 Å². The maximum Gasteiger partial charge on any atom is 0.411 e. The highest BCUT2D eigenvalue weighted by molar-refractivity contribution is 7.85. The minimum atomic E-state index is -4.25. The molecule has 7 heteroatoms. The first-order valence-corrected chi connectivity index (χ1v) is 8.85. The second-order valence-corrected chi connectivity index (χ2v) is 6.81. The van der Waals surface area contributed by atoms with Gasteiger partial charge in [0.2, 0.25) is 0 Å². The summed E-state index contributed by atoms with van der Waals surface area (Å²) in [5.74, 6) is 0. The summed E-state index contributed by atoms with van der Waals surface area (Å²) in [6, 6.07) is 18.5. The zero-order valence-corrected chi connectivity index (χ0v) is 13.9. The van der Waals surface area contributed by atoms with E-state index in [0.717, 1.165) is 5.56 Å². The van der Waals surface area contributed by atoms with Gasteiger partial charge in [-0.15, -0.1) is 0 Å². The maximum absolute atomic E-state index is 11.9. The number of benzene rings is 3. The van der Waals surface area contributed by atoms with E-state index in [2.05, 4.69) is 5.32 Å². The fraction of sp³-hybridized carbons (Fsp3) is 0.0556. The lowest BCUT2D eigenvalue weighted by Crippen LogP contribution is -2.13. The van der Waals surface area contributed by atoms with Gasteiger partial charge in [0, 0.05) is 5.69 Å². The number of hydrogen-bond donors (Lipinski definition) is 2. The predicted octanol–water partition coefficient (Wildman–Crippen LogP) is 3.84. The molecule has 0 saturated carbocycles. The molecule has 3 aromatic carbocycles. The fourth-order valence-corrected chi connectivity index (χ4v) is 2.85. The van der Waals surface area contributed by atoms with Crippen LogP contribution in [0.4, 0.5) is 10.5 Å². The van der Waals surface area contributed by atoms with Gasteiger partial charge >= 0.3 is 6.09 Å². The van der Waals surface area contributed by atoms with Gasteiger partial charge in [-0.1, -0.05) is 42.5 Å². The van der Waals surface area contributed by atoms with Crippen molar-refractivity contribution in [2.75, 3.05) is 5.32 Å². The van der Waals surface area contributed by atoms with Gasteiger partial charge in [-0.25, -0.2) is 4.79 Å². The van der Waals surface area contributed by atoms with Crippen molar-refractivity contribution in [3.8, 4) is 0 Å². The molecule has 0 atom stereocenters. The van der Waals surface area contributed by atoms with Crippen LogP contribution >= 0.6 is 0 Å². The third kappa shape index (κ3) is 4.34. The molecule has 6 nitrogen and oxygen atoms in total. The normalized spacial score (nSPS) is 11.2. The lowest BCUT2D eigenvalue weighted by atomic mass is 10.1. The van der Waals surface area contributed by atoms with Crippen molar-refractivity contribution < 1.29 is 22.5 Å². The first kappa shape index (κ1) is 16.9. The summed E-state index contributed by atoms with van der Waals surface area (Å²) < 4.78 is 36.5. The van der Waals surface area contributed by atoms with E-state index in [0.29, 0.717) is 16.5 Å². The molecule has 0 aliphatic heterocycles. The molecule has 0 bridgehead atoms. The summed E-state index contributed by atoms with van der Waals surface area (Å²) in [5.41, 5.74) is 1.40. The zero-order valence-electron chi connectivity index (χ0n) is 13.0. The standard InChI is InChI=1S/C18H15NO5S/c20-18(24-12-13-4-2-1-3-5-13)19-16-8-6-15-11-17(25(21,22)23)9-7-14(15)10-16/h1-11H,12H2,(H,19,20)(H,21,22,23). The van der Waals surface area contributed by atoms with Crippen LogP contribution < -0.4 is 5.32 Å². The van der Waals surface area contributed by atoms with Gasteiger partial charge in [0.1, 0.15) is 6.61 Å². The minimum Gasteiger partial charge on any atom is -0.444 e. The Morgan fingerprint density at radius 3 is 2.36 bits per heavy atom. The van der Waals surface area contributed by atoms with Crippen molar-refractivity contribution in [2.45, 2.75) is 11.5 Å². The molecule has 1 amide bonds. The molecule has 128 valence electrons. The summed E-state index contributed by atoms with van der Waals surface area (Å²) in [6.07, 6.45) is -0.585. The number of amides is 1. The van der Waals surface area contributed by atoms with E-state index >= 15 is 0 Å². The van der Waals surface area contributed by atoms with Crippen LogP contribution in [0.1, 0.15) is 5.56 Å². The van der Waals surface area contributed by atoms with Crippen LogP contribution in [0, 0.1) is 0 Å². The van der Waals surface area contributed by atoms with Crippen LogP contribution in [0.15, 0.2) is 71.6 Å². The summed E-state index contributed by atoms with van der Waals surface area (Å²) in [6.45, 7) is 0.165. The predicted molar refractivity (Wildman–Crippen MR) is 94.0 cm³/mol. The minimum absolute atomic E-state index is 0.165. The SMILES string of the molecule is O=C(Nc1ccc2cc(S(=O)(=O)O)ccc2c1)OCc1ccccc1. The Morgan fingerprint density at radius 2 is 1.64 bits per heavy atom. The van der Waals surface area contributed by atoms with Gasteiger partial charge in [0.05, 0.1) is 4.90 Å². The van der Waals surface area contributed by atoms with Gasteiger partial charge in [-0.2, -0.15) is 8.42 Å². The molecule has 0 aliphatic rings. The van der Waals surface area contributed by atoms with Gasteiger partial charge in [0.25, 0.3) is 10.1 Å². The molecule has 0 saturated heterocycles. The number of fused-ring (bicyclic) bond motifs is 1. The van der Waals surface area contributed by atoms with E-state index < -0.39 is 16.2 Å². The smallest absolute Gasteiger partial charge is 0.411 e. The molecule has 0 aromatic heterocycles. The molecular formula is C18H15NO5S. The highest BCUT2D eigenvalue weighted by Gasteiger charge is 2.10. The van der Waals surface area contributed by atoms with E-state index in [1.165, 1.54) is 12.1 Å². The zero-order chi connectivity index (χ0) is 17.9. The quantitative estimate of drug-likeness (QED) is 0.692. The number of anilines is 1. The Hall–Kier alpha value is -2.90. The lowest BCUT2D eigenvalue weighted by molar-refractivity contribution is 0.155. The molecule has 0 spiro atoms. The van der Waals surface area contributed by atoms with Gasteiger partial charge in [0.15, 0.2) is 0 Å². The van der Waals surface area contributed by atoms with Crippen molar-refractivity contribution in [3.63, 3.8) is 0 Å². The first-order valence-electron chi connectivity index (χ1n) is 7.41. The Bertz CT molecular complexity index is 1020. The number of carbonyl (C=O) groups excluding carboxylic acids is 1. The Labute approximate surface area is 144 Å². The monoisotopic (exact) mass is 357 g/mol. The topological polar surface area (TPSA) is 92.7 Å². The Balaban J connectivity index is 1.70. The molecular weight excluding hydrogens is 342 g/mol. The molecule has 3 aromatic rings. The van der Waals surface area contributed by atoms with Gasteiger partial charge in [-0.3, -0.25) is 9.87 Å². The van der Waals surface area contributed by atoms with E-state index in [-0.39, 0.29) is 11.5 Å². The average molecular weight is 357 g/mol. The van der Waals surface area contributed by atoms with E-state index in [1.807, 2.05) is 30.3 Å². The van der Waals surface area contributed by atoms with Crippen molar-refractivity contribution in [1.29, 1.82) is 0 Å². The van der Waals surface area contributed by atoms with E-state index in [1.54, 1.807) is 24.3 Å². The van der Waals surface area contributed by atoms with Gasteiger partial charge < -0.3 is 4.74 Å². The van der Waals surface area contributed by atoms with Gasteiger partial charge in [-0.05, 0) is 40.6 Å². The number of nitrogens with one attached hydrogen (secondary N) is 1. The van der Waals surface area contributed by atoms with E-state index in [4.69, 9.17) is 9.29 Å². The van der Waals surface area contributed by atoms with Crippen LogP contribution in [0.3, 0.4) is 0 Å². The van der Waals surface area contributed by atoms with Crippen LogP contribution in [0.2, 0.25) is 0 Å². The molecule has 0 heterocycles. The first-order chi connectivity index (χ1) is 11.9. The third-order valence-electron chi connectivity index (χ3n) is 3.57. The fourth-order valence-electron chi connectivity index (χ4n) is 2.34. The summed E-state index contributed by atoms with van der Waals surface area (Å²) in [5, 5.41) is 3.96. The highest BCUT2D eigenvalue weighted by Crippen LogP contribution is 2.22. The van der Waals surface area contributed by atoms with Crippen LogP contribution in [-0.4, -0.2) is 19.1 Å². The number of ether oxygens (including phenoxy) is 1. The highest BCUT2D eigenvalue weighted by atomic mass is 32.2. The molecule has 0 aliphatic carbocycles. The molecule has 0 radical (unpaired) electrons. The second-order valence-electron chi connectivity index (χ2n) is 5.39. The maximum atomic E-state index is 11.9. The van der Waals surface area contributed by atoms with Crippen molar-refractivity contribution >= 4 is 32.7 Å². The third-order valence-corrected chi connectivity index (χ3v) is 4.42. The van der Waals surface area contributed by atoms with Crippen LogP contribution in [-0.2, 0) is 21.5 Å². The molecule has 0 fully saturated rings. The van der Waals surface area contributed by atoms with Crippen molar-refractivity contribution in [2.24, 2.45) is 0 Å². The molecule has 0 unspecified atom stereocenters. The molecule has 2 N–H and O–H groups in total. The van der Waals surface area contributed by atoms with Crippen LogP contribution in [0.25, 0.3) is 10.8 Å². The van der Waals surface area contributed by atoms with Crippen molar-refractivity contribution in [1.82, 2.24) is 0 Å². The summed E-state index contributed by atoms with van der Waals surface area (Å²) >= 11 is 0.